The third-order valence-corrected chi connectivity index (χ3v) is 4.40. The zero-order chi connectivity index (χ0) is 21.0. The number of hydrogen-bond acceptors (Lipinski definition) is 5. The van der Waals surface area contributed by atoms with E-state index in [1.165, 1.54) is 12.3 Å². The Morgan fingerprint density at radius 1 is 1.24 bits per heavy atom. The molecule has 0 atom stereocenters. The number of rotatable bonds is 8. The van der Waals surface area contributed by atoms with Crippen molar-refractivity contribution in [3.05, 3.63) is 46.8 Å². The molecule has 29 heavy (non-hydrogen) atoms. The molecule has 2 aromatic rings. The molecule has 0 bridgehead atoms. The van der Waals surface area contributed by atoms with E-state index in [2.05, 4.69) is 20.6 Å². The molecular formula is C20H22F2N4O3. The van der Waals surface area contributed by atoms with Crippen molar-refractivity contribution in [3.8, 4) is 5.75 Å². The van der Waals surface area contributed by atoms with Gasteiger partial charge in [0.15, 0.2) is 0 Å². The van der Waals surface area contributed by atoms with E-state index in [1.807, 2.05) is 0 Å². The number of alkyl halides is 2. The fraction of sp³-hybridized carbons (Fsp3) is 0.400. The second-order valence-corrected chi connectivity index (χ2v) is 6.97. The standard InChI is InChI=1S/C20H22F2N4O3/c1-11-7-13(8-12(2)17(11)29-10-16(21)22)9-24-19(28)15-5-6-23-20(25-15)26-18(27)14-3-4-14/h5-8,14,16H,3-4,9-10H2,1-2H3,(H,24,28)(H,23,25,26,27). The van der Waals surface area contributed by atoms with Crippen LogP contribution in [0.5, 0.6) is 5.75 Å². The van der Waals surface area contributed by atoms with Crippen LogP contribution in [0, 0.1) is 19.8 Å². The zero-order valence-electron chi connectivity index (χ0n) is 16.2. The molecule has 0 spiro atoms. The van der Waals surface area contributed by atoms with Crippen molar-refractivity contribution in [2.24, 2.45) is 5.92 Å². The smallest absolute Gasteiger partial charge is 0.272 e. The summed E-state index contributed by atoms with van der Waals surface area (Å²) in [7, 11) is 0. The maximum absolute atomic E-state index is 12.4. The monoisotopic (exact) mass is 404 g/mol. The largest absolute Gasteiger partial charge is 0.487 e. The lowest BCUT2D eigenvalue weighted by molar-refractivity contribution is -0.117. The SMILES string of the molecule is Cc1cc(CNC(=O)c2ccnc(NC(=O)C3CC3)n2)cc(C)c1OCC(F)F. The van der Waals surface area contributed by atoms with Crippen molar-refractivity contribution in [1.82, 2.24) is 15.3 Å². The molecule has 9 heteroatoms. The number of carbonyl (C=O) groups excluding carboxylic acids is 2. The fourth-order valence-electron chi connectivity index (χ4n) is 2.89. The summed E-state index contributed by atoms with van der Waals surface area (Å²) in [4.78, 5) is 32.2. The highest BCUT2D eigenvalue weighted by molar-refractivity contribution is 5.94. The van der Waals surface area contributed by atoms with Gasteiger partial charge in [-0.05, 0) is 49.4 Å². The van der Waals surface area contributed by atoms with E-state index in [4.69, 9.17) is 4.74 Å². The Bertz CT molecular complexity index is 893. The van der Waals surface area contributed by atoms with Crippen LogP contribution >= 0.6 is 0 Å². The molecule has 2 N–H and O–H groups in total. The molecule has 1 aromatic carbocycles. The Hall–Kier alpha value is -3.10. The van der Waals surface area contributed by atoms with Crippen LogP contribution in [-0.4, -0.2) is 34.8 Å². The van der Waals surface area contributed by atoms with Gasteiger partial charge in [0.25, 0.3) is 12.3 Å². The highest BCUT2D eigenvalue weighted by Gasteiger charge is 2.30. The van der Waals surface area contributed by atoms with Crippen LogP contribution < -0.4 is 15.4 Å². The van der Waals surface area contributed by atoms with Gasteiger partial charge in [0.2, 0.25) is 11.9 Å². The van der Waals surface area contributed by atoms with Gasteiger partial charge in [-0.2, -0.15) is 0 Å². The molecule has 0 radical (unpaired) electrons. The van der Waals surface area contributed by atoms with Gasteiger partial charge in [-0.3, -0.25) is 14.9 Å². The number of halogens is 2. The predicted octanol–water partition coefficient (Wildman–Crippen LogP) is 3.02. The molecular weight excluding hydrogens is 382 g/mol. The summed E-state index contributed by atoms with van der Waals surface area (Å²) in [6, 6.07) is 5.00. The highest BCUT2D eigenvalue weighted by Crippen LogP contribution is 2.29. The van der Waals surface area contributed by atoms with Crippen LogP contribution in [-0.2, 0) is 11.3 Å². The van der Waals surface area contributed by atoms with Crippen molar-refractivity contribution in [2.45, 2.75) is 39.7 Å². The van der Waals surface area contributed by atoms with Crippen molar-refractivity contribution in [1.29, 1.82) is 0 Å². The number of anilines is 1. The Balaban J connectivity index is 1.61. The van der Waals surface area contributed by atoms with Crippen molar-refractivity contribution in [3.63, 3.8) is 0 Å². The minimum Gasteiger partial charge on any atom is -0.487 e. The highest BCUT2D eigenvalue weighted by atomic mass is 19.3. The van der Waals surface area contributed by atoms with E-state index >= 15 is 0 Å². The first kappa shape index (κ1) is 20.6. The Labute approximate surface area is 166 Å². The van der Waals surface area contributed by atoms with Gasteiger partial charge in [0, 0.05) is 18.7 Å². The van der Waals surface area contributed by atoms with E-state index in [9.17, 15) is 18.4 Å². The second kappa shape index (κ2) is 8.93. The molecule has 3 rings (SSSR count). The first-order chi connectivity index (χ1) is 13.8. The molecule has 1 saturated carbocycles. The summed E-state index contributed by atoms with van der Waals surface area (Å²) in [5, 5.41) is 5.36. The van der Waals surface area contributed by atoms with Crippen LogP contribution in [0.15, 0.2) is 24.4 Å². The van der Waals surface area contributed by atoms with Gasteiger partial charge >= 0.3 is 0 Å². The van der Waals surface area contributed by atoms with Crippen LogP contribution in [0.25, 0.3) is 0 Å². The van der Waals surface area contributed by atoms with Gasteiger partial charge in [0.1, 0.15) is 18.1 Å². The third kappa shape index (κ3) is 5.69. The molecule has 1 aromatic heterocycles. The van der Waals surface area contributed by atoms with Crippen molar-refractivity contribution >= 4 is 17.8 Å². The Morgan fingerprint density at radius 2 is 1.93 bits per heavy atom. The first-order valence-corrected chi connectivity index (χ1v) is 9.26. The lowest BCUT2D eigenvalue weighted by atomic mass is 10.1. The average molecular weight is 404 g/mol. The summed E-state index contributed by atoms with van der Waals surface area (Å²) >= 11 is 0. The van der Waals surface area contributed by atoms with Crippen LogP contribution in [0.1, 0.15) is 40.0 Å². The van der Waals surface area contributed by atoms with E-state index in [1.54, 1.807) is 26.0 Å². The van der Waals surface area contributed by atoms with Gasteiger partial charge in [-0.1, -0.05) is 12.1 Å². The zero-order valence-corrected chi connectivity index (χ0v) is 16.2. The number of carbonyl (C=O) groups is 2. The summed E-state index contributed by atoms with van der Waals surface area (Å²) < 4.78 is 29.9. The van der Waals surface area contributed by atoms with Crippen LogP contribution in [0.2, 0.25) is 0 Å². The predicted molar refractivity (Wildman–Crippen MR) is 102 cm³/mol. The Kier molecular flexibility index (Phi) is 6.36. The van der Waals surface area contributed by atoms with Crippen LogP contribution in [0.4, 0.5) is 14.7 Å². The van der Waals surface area contributed by atoms with E-state index in [-0.39, 0.29) is 30.0 Å². The lowest BCUT2D eigenvalue weighted by Gasteiger charge is -2.14. The van der Waals surface area contributed by atoms with Crippen molar-refractivity contribution < 1.29 is 23.1 Å². The van der Waals surface area contributed by atoms with E-state index < -0.39 is 18.9 Å². The van der Waals surface area contributed by atoms with E-state index in [0.717, 1.165) is 18.4 Å². The lowest BCUT2D eigenvalue weighted by Crippen LogP contribution is -2.25. The maximum atomic E-state index is 12.4. The van der Waals surface area contributed by atoms with Gasteiger partial charge in [-0.15, -0.1) is 0 Å². The molecule has 2 amide bonds. The third-order valence-electron chi connectivity index (χ3n) is 4.40. The molecule has 0 unspecified atom stereocenters. The Morgan fingerprint density at radius 3 is 2.55 bits per heavy atom. The molecule has 0 saturated heterocycles. The quantitative estimate of drug-likeness (QED) is 0.706. The number of benzene rings is 1. The molecule has 1 aliphatic rings. The second-order valence-electron chi connectivity index (χ2n) is 6.97. The van der Waals surface area contributed by atoms with Gasteiger partial charge in [-0.25, -0.2) is 18.7 Å². The van der Waals surface area contributed by atoms with Gasteiger partial charge in [0.05, 0.1) is 0 Å². The minimum atomic E-state index is -2.54. The minimum absolute atomic E-state index is 0.00945. The molecule has 1 aliphatic carbocycles. The fourth-order valence-corrected chi connectivity index (χ4v) is 2.89. The summed E-state index contributed by atoms with van der Waals surface area (Å²) in [6.45, 7) is 3.09. The van der Waals surface area contributed by atoms with Gasteiger partial charge < -0.3 is 10.1 Å². The summed E-state index contributed by atoms with van der Waals surface area (Å²) in [5.41, 5.74) is 2.36. The molecule has 154 valence electrons. The molecule has 7 nitrogen and oxygen atoms in total. The van der Waals surface area contributed by atoms with E-state index in [0.29, 0.717) is 16.9 Å². The number of aromatic nitrogens is 2. The number of hydrogen-bond donors (Lipinski definition) is 2. The maximum Gasteiger partial charge on any atom is 0.272 e. The number of nitrogens with one attached hydrogen (secondary N) is 2. The summed E-state index contributed by atoms with van der Waals surface area (Å²) in [5.74, 6) is -0.0190. The number of nitrogens with zero attached hydrogens (tertiary/aromatic N) is 2. The average Bonchev–Trinajstić information content (AvgIpc) is 3.50. The van der Waals surface area contributed by atoms with Crippen LogP contribution in [0.3, 0.4) is 0 Å². The summed E-state index contributed by atoms with van der Waals surface area (Å²) in [6.07, 6.45) is 0.584. The molecule has 1 heterocycles. The van der Waals surface area contributed by atoms with Crippen molar-refractivity contribution in [2.75, 3.05) is 11.9 Å². The molecule has 1 fully saturated rings. The number of aryl methyl sites for hydroxylation is 2. The molecule has 0 aliphatic heterocycles. The first-order valence-electron chi connectivity index (χ1n) is 9.26. The topological polar surface area (TPSA) is 93.2 Å². The normalized spacial score (nSPS) is 13.3. The number of ether oxygens (including phenoxy) is 1. The number of amides is 2.